The third-order valence-electron chi connectivity index (χ3n) is 5.71. The number of hydrogen-bond acceptors (Lipinski definition) is 5. The molecule has 4 aromatic rings. The van der Waals surface area contributed by atoms with E-state index in [4.69, 9.17) is 0 Å². The zero-order chi connectivity index (χ0) is 24.4. The number of fused-ring (bicyclic) bond motifs is 1. The van der Waals surface area contributed by atoms with Crippen LogP contribution in [0.25, 0.3) is 10.2 Å². The number of carbonyl (C=O) groups excluding carboxylic acids is 2. The average Bonchev–Trinajstić information content (AvgIpc) is 3.15. The van der Waals surface area contributed by atoms with Crippen molar-refractivity contribution in [3.8, 4) is 0 Å². The zero-order valence-electron chi connectivity index (χ0n) is 19.6. The number of hydrogen-bond donors (Lipinski definition) is 2. The summed E-state index contributed by atoms with van der Waals surface area (Å²) < 4.78 is 1.27. The van der Waals surface area contributed by atoms with Crippen molar-refractivity contribution in [3.63, 3.8) is 0 Å². The van der Waals surface area contributed by atoms with Crippen LogP contribution in [0.4, 0.5) is 11.4 Å². The standard InChI is InChI=1S/C26H26N4O3S/c1-5-18-7-9-19(10-8-18)28-21(31)13-30-14-27-25-22(26(30)33)17(4)23(34-25)24(32)29-20-11-6-15(2)12-16(20)3/h6-12,14H,5,13H2,1-4H3,(H,28,31)(H,29,32). The molecule has 0 aliphatic carbocycles. The predicted octanol–water partition coefficient (Wildman–Crippen LogP) is 4.84. The van der Waals surface area contributed by atoms with E-state index in [1.807, 2.05) is 56.3 Å². The Bertz CT molecular complexity index is 1450. The van der Waals surface area contributed by atoms with Gasteiger partial charge in [-0.3, -0.25) is 19.0 Å². The van der Waals surface area contributed by atoms with Crippen molar-refractivity contribution in [2.24, 2.45) is 0 Å². The monoisotopic (exact) mass is 474 g/mol. The second kappa shape index (κ2) is 9.61. The van der Waals surface area contributed by atoms with E-state index >= 15 is 0 Å². The summed E-state index contributed by atoms with van der Waals surface area (Å²) in [5.41, 5.74) is 4.85. The minimum Gasteiger partial charge on any atom is -0.325 e. The fourth-order valence-corrected chi connectivity index (χ4v) is 4.83. The van der Waals surface area contributed by atoms with Gasteiger partial charge in [0.05, 0.1) is 16.6 Å². The number of nitrogens with zero attached hydrogens (tertiary/aromatic N) is 2. The van der Waals surface area contributed by atoms with Gasteiger partial charge in [0.1, 0.15) is 11.4 Å². The maximum absolute atomic E-state index is 13.1. The summed E-state index contributed by atoms with van der Waals surface area (Å²) in [4.78, 5) is 43.9. The smallest absolute Gasteiger partial charge is 0.266 e. The second-order valence-corrected chi connectivity index (χ2v) is 9.28. The third kappa shape index (κ3) is 4.77. The molecule has 0 bridgehead atoms. The van der Waals surface area contributed by atoms with Gasteiger partial charge in [0.15, 0.2) is 0 Å². The summed E-state index contributed by atoms with van der Waals surface area (Å²) in [5.74, 6) is -0.611. The van der Waals surface area contributed by atoms with Crippen molar-refractivity contribution in [2.75, 3.05) is 10.6 Å². The maximum atomic E-state index is 13.1. The number of benzene rings is 2. The van der Waals surface area contributed by atoms with Gasteiger partial charge in [-0.25, -0.2) is 4.98 Å². The molecule has 0 fully saturated rings. The van der Waals surface area contributed by atoms with Gasteiger partial charge in [0, 0.05) is 11.4 Å². The lowest BCUT2D eigenvalue weighted by Crippen LogP contribution is -2.28. The van der Waals surface area contributed by atoms with Crippen molar-refractivity contribution in [3.05, 3.63) is 86.3 Å². The topological polar surface area (TPSA) is 93.1 Å². The summed E-state index contributed by atoms with van der Waals surface area (Å²) in [7, 11) is 0. The number of rotatable bonds is 6. The summed E-state index contributed by atoms with van der Waals surface area (Å²) in [5, 5.41) is 6.09. The van der Waals surface area contributed by atoms with Crippen molar-refractivity contribution >= 4 is 44.7 Å². The van der Waals surface area contributed by atoms with Gasteiger partial charge in [-0.2, -0.15) is 0 Å². The molecule has 0 spiro atoms. The van der Waals surface area contributed by atoms with E-state index in [0.29, 0.717) is 26.3 Å². The first kappa shape index (κ1) is 23.4. The van der Waals surface area contributed by atoms with Crippen LogP contribution in [-0.4, -0.2) is 21.4 Å². The molecule has 174 valence electrons. The van der Waals surface area contributed by atoms with Crippen LogP contribution in [0.2, 0.25) is 0 Å². The van der Waals surface area contributed by atoms with E-state index < -0.39 is 0 Å². The Morgan fingerprint density at radius 3 is 2.44 bits per heavy atom. The largest absolute Gasteiger partial charge is 0.325 e. The Morgan fingerprint density at radius 2 is 1.76 bits per heavy atom. The molecule has 2 heterocycles. The quantitative estimate of drug-likeness (QED) is 0.418. The van der Waals surface area contributed by atoms with Crippen LogP contribution in [0.3, 0.4) is 0 Å². The van der Waals surface area contributed by atoms with Crippen molar-refractivity contribution in [2.45, 2.75) is 40.7 Å². The summed E-state index contributed by atoms with van der Waals surface area (Å²) in [6.07, 6.45) is 2.27. The van der Waals surface area contributed by atoms with Crippen molar-refractivity contribution < 1.29 is 9.59 Å². The second-order valence-electron chi connectivity index (χ2n) is 8.29. The Morgan fingerprint density at radius 1 is 1.03 bits per heavy atom. The van der Waals surface area contributed by atoms with Gasteiger partial charge in [-0.15, -0.1) is 11.3 Å². The molecule has 2 aromatic carbocycles. The molecular weight excluding hydrogens is 448 g/mol. The highest BCUT2D eigenvalue weighted by Crippen LogP contribution is 2.28. The van der Waals surface area contributed by atoms with Crippen LogP contribution in [0.15, 0.2) is 53.6 Å². The number of thiophene rings is 1. The Kier molecular flexibility index (Phi) is 6.61. The number of aryl methyl sites for hydroxylation is 4. The first-order valence-corrected chi connectivity index (χ1v) is 11.8. The van der Waals surface area contributed by atoms with E-state index in [1.54, 1.807) is 6.92 Å². The fourth-order valence-electron chi connectivity index (χ4n) is 3.80. The molecule has 2 N–H and O–H groups in total. The molecule has 0 unspecified atom stereocenters. The van der Waals surface area contributed by atoms with Crippen molar-refractivity contribution in [1.82, 2.24) is 9.55 Å². The van der Waals surface area contributed by atoms with E-state index in [-0.39, 0.29) is 23.9 Å². The highest BCUT2D eigenvalue weighted by molar-refractivity contribution is 7.20. The lowest BCUT2D eigenvalue weighted by Gasteiger charge is -2.09. The molecular formula is C26H26N4O3S. The van der Waals surface area contributed by atoms with Crippen LogP contribution in [0.1, 0.15) is 38.8 Å². The maximum Gasteiger partial charge on any atom is 0.266 e. The number of amides is 2. The molecule has 7 nitrogen and oxygen atoms in total. The lowest BCUT2D eigenvalue weighted by atomic mass is 10.1. The summed E-state index contributed by atoms with van der Waals surface area (Å²) in [6, 6.07) is 13.4. The summed E-state index contributed by atoms with van der Waals surface area (Å²) >= 11 is 1.17. The molecule has 0 aliphatic heterocycles. The molecule has 2 aromatic heterocycles. The average molecular weight is 475 g/mol. The Labute approximate surface area is 201 Å². The van der Waals surface area contributed by atoms with Gasteiger partial charge >= 0.3 is 0 Å². The molecule has 0 atom stereocenters. The number of anilines is 2. The van der Waals surface area contributed by atoms with Crippen LogP contribution < -0.4 is 16.2 Å². The molecule has 34 heavy (non-hydrogen) atoms. The van der Waals surface area contributed by atoms with E-state index in [9.17, 15) is 14.4 Å². The molecule has 0 aliphatic rings. The molecule has 0 radical (unpaired) electrons. The molecule has 2 amide bonds. The number of aromatic nitrogens is 2. The first-order valence-electron chi connectivity index (χ1n) is 11.0. The molecule has 4 rings (SSSR count). The van der Waals surface area contributed by atoms with Crippen LogP contribution in [-0.2, 0) is 17.8 Å². The highest BCUT2D eigenvalue weighted by Gasteiger charge is 2.20. The molecule has 0 saturated heterocycles. The third-order valence-corrected chi connectivity index (χ3v) is 6.91. The van der Waals surface area contributed by atoms with E-state index in [0.717, 1.165) is 23.2 Å². The van der Waals surface area contributed by atoms with Gasteiger partial charge in [-0.1, -0.05) is 36.8 Å². The summed E-state index contributed by atoms with van der Waals surface area (Å²) in [6.45, 7) is 7.56. The van der Waals surface area contributed by atoms with Crippen molar-refractivity contribution in [1.29, 1.82) is 0 Å². The SMILES string of the molecule is CCc1ccc(NC(=O)Cn2cnc3sc(C(=O)Nc4ccc(C)cc4C)c(C)c3c2=O)cc1. The van der Waals surface area contributed by atoms with Gasteiger partial charge in [0.2, 0.25) is 5.91 Å². The minimum atomic E-state index is -0.346. The zero-order valence-corrected chi connectivity index (χ0v) is 20.4. The highest BCUT2D eigenvalue weighted by atomic mass is 32.1. The molecule has 8 heteroatoms. The Balaban J connectivity index is 1.56. The lowest BCUT2D eigenvalue weighted by molar-refractivity contribution is -0.116. The van der Waals surface area contributed by atoms with Crippen LogP contribution >= 0.6 is 11.3 Å². The first-order chi connectivity index (χ1) is 16.3. The molecule has 0 saturated carbocycles. The normalized spacial score (nSPS) is 10.9. The predicted molar refractivity (Wildman–Crippen MR) is 137 cm³/mol. The van der Waals surface area contributed by atoms with E-state index in [1.165, 1.54) is 27.8 Å². The number of nitrogens with one attached hydrogen (secondary N) is 2. The van der Waals surface area contributed by atoms with Gasteiger partial charge in [-0.05, 0) is 62.1 Å². The van der Waals surface area contributed by atoms with Gasteiger partial charge in [0.25, 0.3) is 11.5 Å². The number of carbonyl (C=O) groups is 2. The van der Waals surface area contributed by atoms with Gasteiger partial charge < -0.3 is 10.6 Å². The van der Waals surface area contributed by atoms with Crippen LogP contribution in [0, 0.1) is 20.8 Å². The minimum absolute atomic E-state index is 0.170. The van der Waals surface area contributed by atoms with E-state index in [2.05, 4.69) is 22.5 Å². The van der Waals surface area contributed by atoms with Crippen LogP contribution in [0.5, 0.6) is 0 Å². The fraction of sp³-hybridized carbons (Fsp3) is 0.231. The Hall–Kier alpha value is -3.78.